The van der Waals surface area contributed by atoms with Crippen LogP contribution in [0.2, 0.25) is 0 Å². The van der Waals surface area contributed by atoms with Crippen LogP contribution in [-0.2, 0) is 4.79 Å². The monoisotopic (exact) mass is 312 g/mol. The Morgan fingerprint density at radius 1 is 1.13 bits per heavy atom. The van der Waals surface area contributed by atoms with E-state index in [1.807, 2.05) is 18.2 Å². The van der Waals surface area contributed by atoms with E-state index < -0.39 is 0 Å². The molecule has 2 aromatic carbocycles. The topological polar surface area (TPSA) is 59.6 Å². The SMILES string of the molecule is CC(C)c1ccccc1NCC(=O)Nc1ccc2c(c1)OCO2. The van der Waals surface area contributed by atoms with Crippen molar-refractivity contribution in [2.45, 2.75) is 19.8 Å². The molecule has 0 saturated heterocycles. The Kier molecular flexibility index (Phi) is 4.37. The lowest BCUT2D eigenvalue weighted by atomic mass is 10.0. The maximum atomic E-state index is 12.1. The molecule has 1 aliphatic rings. The van der Waals surface area contributed by atoms with Crippen LogP contribution in [0.1, 0.15) is 25.3 Å². The van der Waals surface area contributed by atoms with Gasteiger partial charge in [-0.1, -0.05) is 32.0 Å². The Bertz CT molecular complexity index is 713. The first-order chi connectivity index (χ1) is 11.1. The Morgan fingerprint density at radius 2 is 1.91 bits per heavy atom. The highest BCUT2D eigenvalue weighted by molar-refractivity contribution is 5.94. The number of fused-ring (bicyclic) bond motifs is 1. The Hall–Kier alpha value is -2.69. The van der Waals surface area contributed by atoms with Crippen molar-refractivity contribution in [2.24, 2.45) is 0 Å². The number of para-hydroxylation sites is 1. The van der Waals surface area contributed by atoms with Gasteiger partial charge in [0.2, 0.25) is 12.7 Å². The van der Waals surface area contributed by atoms with Gasteiger partial charge in [-0.15, -0.1) is 0 Å². The van der Waals surface area contributed by atoms with E-state index in [2.05, 4.69) is 30.5 Å². The minimum atomic E-state index is -0.109. The predicted octanol–water partition coefficient (Wildman–Crippen LogP) is 3.59. The molecular formula is C18H20N2O3. The highest BCUT2D eigenvalue weighted by Crippen LogP contribution is 2.34. The summed E-state index contributed by atoms with van der Waals surface area (Å²) in [5.41, 5.74) is 2.88. The first kappa shape index (κ1) is 15.2. The summed E-state index contributed by atoms with van der Waals surface area (Å²) in [7, 11) is 0. The Labute approximate surface area is 135 Å². The zero-order chi connectivity index (χ0) is 16.2. The molecule has 0 atom stereocenters. The molecule has 0 aromatic heterocycles. The summed E-state index contributed by atoms with van der Waals surface area (Å²) in [4.78, 5) is 12.1. The van der Waals surface area contributed by atoms with Gasteiger partial charge in [-0.3, -0.25) is 4.79 Å². The average Bonchev–Trinajstić information content (AvgIpc) is 3.00. The number of anilines is 2. The number of hydrogen-bond acceptors (Lipinski definition) is 4. The van der Waals surface area contributed by atoms with Crippen LogP contribution in [0.4, 0.5) is 11.4 Å². The fourth-order valence-electron chi connectivity index (χ4n) is 2.52. The highest BCUT2D eigenvalue weighted by Gasteiger charge is 2.14. The van der Waals surface area contributed by atoms with Crippen LogP contribution in [0.15, 0.2) is 42.5 Å². The maximum absolute atomic E-state index is 12.1. The van der Waals surface area contributed by atoms with Crippen molar-refractivity contribution in [3.63, 3.8) is 0 Å². The molecule has 0 bridgehead atoms. The fourth-order valence-corrected chi connectivity index (χ4v) is 2.52. The van der Waals surface area contributed by atoms with E-state index in [1.54, 1.807) is 18.2 Å². The molecule has 0 fully saturated rings. The molecule has 2 aromatic rings. The van der Waals surface area contributed by atoms with Crippen LogP contribution in [0.25, 0.3) is 0 Å². The van der Waals surface area contributed by atoms with Gasteiger partial charge in [0, 0.05) is 17.4 Å². The molecule has 0 spiro atoms. The summed E-state index contributed by atoms with van der Waals surface area (Å²) in [6.45, 7) is 4.69. The van der Waals surface area contributed by atoms with E-state index in [4.69, 9.17) is 9.47 Å². The predicted molar refractivity (Wildman–Crippen MR) is 90.2 cm³/mol. The summed E-state index contributed by atoms with van der Waals surface area (Å²) in [6.07, 6.45) is 0. The van der Waals surface area contributed by atoms with Crippen molar-refractivity contribution < 1.29 is 14.3 Å². The molecule has 2 N–H and O–H groups in total. The fraction of sp³-hybridized carbons (Fsp3) is 0.278. The van der Waals surface area contributed by atoms with Gasteiger partial charge in [-0.25, -0.2) is 0 Å². The highest BCUT2D eigenvalue weighted by atomic mass is 16.7. The van der Waals surface area contributed by atoms with Crippen molar-refractivity contribution in [1.82, 2.24) is 0 Å². The number of ether oxygens (including phenoxy) is 2. The molecular weight excluding hydrogens is 292 g/mol. The number of benzene rings is 2. The zero-order valence-electron chi connectivity index (χ0n) is 13.3. The molecule has 120 valence electrons. The zero-order valence-corrected chi connectivity index (χ0v) is 13.3. The van der Waals surface area contributed by atoms with Gasteiger partial charge in [0.1, 0.15) is 0 Å². The van der Waals surface area contributed by atoms with Crippen molar-refractivity contribution in [2.75, 3.05) is 24.0 Å². The first-order valence-corrected chi connectivity index (χ1v) is 7.66. The number of hydrogen-bond donors (Lipinski definition) is 2. The summed E-state index contributed by atoms with van der Waals surface area (Å²) >= 11 is 0. The molecule has 5 nitrogen and oxygen atoms in total. The van der Waals surface area contributed by atoms with Crippen LogP contribution in [0.5, 0.6) is 11.5 Å². The molecule has 3 rings (SSSR count). The quantitative estimate of drug-likeness (QED) is 0.886. The van der Waals surface area contributed by atoms with Crippen LogP contribution < -0.4 is 20.1 Å². The summed E-state index contributed by atoms with van der Waals surface area (Å²) in [6, 6.07) is 13.4. The molecule has 1 aliphatic heterocycles. The van der Waals surface area contributed by atoms with Crippen LogP contribution in [0, 0.1) is 0 Å². The lowest BCUT2D eigenvalue weighted by molar-refractivity contribution is -0.114. The van der Waals surface area contributed by atoms with E-state index in [1.165, 1.54) is 5.56 Å². The third kappa shape index (κ3) is 3.56. The van der Waals surface area contributed by atoms with Crippen LogP contribution in [-0.4, -0.2) is 19.2 Å². The van der Waals surface area contributed by atoms with Crippen molar-refractivity contribution in [3.8, 4) is 11.5 Å². The summed E-state index contributed by atoms with van der Waals surface area (Å²) < 4.78 is 10.6. The third-order valence-corrected chi connectivity index (χ3v) is 3.68. The van der Waals surface area contributed by atoms with Gasteiger partial charge in [0.05, 0.1) is 6.54 Å². The molecule has 5 heteroatoms. The Balaban J connectivity index is 1.60. The molecule has 0 aliphatic carbocycles. The van der Waals surface area contributed by atoms with Crippen LogP contribution in [0.3, 0.4) is 0 Å². The summed E-state index contributed by atoms with van der Waals surface area (Å²) in [5.74, 6) is 1.64. The van der Waals surface area contributed by atoms with Gasteiger partial charge in [0.15, 0.2) is 11.5 Å². The second-order valence-electron chi connectivity index (χ2n) is 5.71. The minimum Gasteiger partial charge on any atom is -0.454 e. The number of carbonyl (C=O) groups excluding carboxylic acids is 1. The van der Waals surface area contributed by atoms with E-state index in [9.17, 15) is 4.79 Å². The lowest BCUT2D eigenvalue weighted by Crippen LogP contribution is -2.22. The Morgan fingerprint density at radius 3 is 2.74 bits per heavy atom. The minimum absolute atomic E-state index is 0.109. The van der Waals surface area contributed by atoms with Gasteiger partial charge in [-0.2, -0.15) is 0 Å². The van der Waals surface area contributed by atoms with Gasteiger partial charge < -0.3 is 20.1 Å². The second kappa shape index (κ2) is 6.60. The smallest absolute Gasteiger partial charge is 0.243 e. The maximum Gasteiger partial charge on any atom is 0.243 e. The molecule has 1 heterocycles. The van der Waals surface area contributed by atoms with Crippen molar-refractivity contribution >= 4 is 17.3 Å². The number of nitrogens with one attached hydrogen (secondary N) is 2. The second-order valence-corrected chi connectivity index (χ2v) is 5.71. The van der Waals surface area contributed by atoms with Crippen molar-refractivity contribution in [1.29, 1.82) is 0 Å². The number of rotatable bonds is 5. The largest absolute Gasteiger partial charge is 0.454 e. The third-order valence-electron chi connectivity index (χ3n) is 3.68. The molecule has 23 heavy (non-hydrogen) atoms. The molecule has 0 unspecified atom stereocenters. The standard InChI is InChI=1S/C18H20N2O3/c1-12(2)14-5-3-4-6-15(14)19-10-18(21)20-13-7-8-16-17(9-13)23-11-22-16/h3-9,12,19H,10-11H2,1-2H3,(H,20,21). The number of amides is 1. The van der Waals surface area contributed by atoms with Gasteiger partial charge in [-0.05, 0) is 29.7 Å². The summed E-state index contributed by atoms with van der Waals surface area (Å²) in [5, 5.41) is 6.05. The molecule has 0 saturated carbocycles. The van der Waals surface area contributed by atoms with Gasteiger partial charge >= 0.3 is 0 Å². The average molecular weight is 312 g/mol. The molecule has 1 amide bonds. The van der Waals surface area contributed by atoms with E-state index >= 15 is 0 Å². The first-order valence-electron chi connectivity index (χ1n) is 7.66. The lowest BCUT2D eigenvalue weighted by Gasteiger charge is -2.14. The number of carbonyl (C=O) groups is 1. The van der Waals surface area contributed by atoms with Crippen molar-refractivity contribution in [3.05, 3.63) is 48.0 Å². The van der Waals surface area contributed by atoms with Crippen LogP contribution >= 0.6 is 0 Å². The normalized spacial score (nSPS) is 12.3. The van der Waals surface area contributed by atoms with E-state index in [0.29, 0.717) is 23.1 Å². The van der Waals surface area contributed by atoms with E-state index in [0.717, 1.165) is 5.69 Å². The van der Waals surface area contributed by atoms with Gasteiger partial charge in [0.25, 0.3) is 0 Å². The van der Waals surface area contributed by atoms with E-state index in [-0.39, 0.29) is 19.2 Å². The molecule has 0 radical (unpaired) electrons.